The number of nitrogens with zero attached hydrogens (tertiary/aromatic N) is 1. The Labute approximate surface area is 153 Å². The summed E-state index contributed by atoms with van der Waals surface area (Å²) >= 11 is 0. The highest BCUT2D eigenvalue weighted by molar-refractivity contribution is 6.89. The van der Waals surface area contributed by atoms with Gasteiger partial charge in [-0.2, -0.15) is 0 Å². The molecule has 0 saturated carbocycles. The largest absolute Gasteiger partial charge is 0.394 e. The highest BCUT2D eigenvalue weighted by Gasteiger charge is 2.52. The van der Waals surface area contributed by atoms with Crippen molar-refractivity contribution in [3.8, 4) is 0 Å². The molecule has 0 spiro atoms. The van der Waals surface area contributed by atoms with E-state index in [0.717, 1.165) is 16.6 Å². The number of benzene rings is 1. The van der Waals surface area contributed by atoms with Crippen molar-refractivity contribution in [2.45, 2.75) is 97.2 Å². The first-order chi connectivity index (χ1) is 11.0. The first-order valence-electron chi connectivity index (χ1n) is 9.87. The molecule has 0 unspecified atom stereocenters. The Morgan fingerprint density at radius 1 is 0.917 bits per heavy atom. The smallest absolute Gasteiger partial charge is 0.164 e. The maximum Gasteiger partial charge on any atom is 0.164 e. The van der Waals surface area contributed by atoms with E-state index in [4.69, 9.17) is 0 Å². The van der Waals surface area contributed by atoms with E-state index in [0.29, 0.717) is 6.04 Å². The second-order valence-electron chi connectivity index (χ2n) is 9.83. The molecule has 0 aliphatic carbocycles. The summed E-state index contributed by atoms with van der Waals surface area (Å²) in [7, 11) is -2.94. The standard InChI is InChI=1S/C21H39NSi2/c1-15(2)24(16(3)4,17(5)6)22-18(7)14-19-20(22)12-11-13-21(19)23(8,9)10/h11-13,15-18H,14H2,1-10H3/t18-/m1/s1. The third-order valence-corrected chi connectivity index (χ3v) is 15.5. The molecule has 24 heavy (non-hydrogen) atoms. The van der Waals surface area contributed by atoms with Gasteiger partial charge in [0, 0.05) is 11.7 Å². The summed E-state index contributed by atoms with van der Waals surface area (Å²) in [6.07, 6.45) is 1.25. The number of rotatable bonds is 5. The molecule has 0 amide bonds. The van der Waals surface area contributed by atoms with Crippen LogP contribution in [0.4, 0.5) is 5.69 Å². The Morgan fingerprint density at radius 3 is 1.83 bits per heavy atom. The van der Waals surface area contributed by atoms with Crippen LogP contribution >= 0.6 is 0 Å². The molecule has 0 radical (unpaired) electrons. The number of fused-ring (bicyclic) bond motifs is 1. The zero-order valence-corrected chi connectivity index (χ0v) is 19.7. The minimum atomic E-state index is -1.64. The van der Waals surface area contributed by atoms with Crippen LogP contribution < -0.4 is 9.75 Å². The van der Waals surface area contributed by atoms with Gasteiger partial charge in [0.25, 0.3) is 0 Å². The molecule has 1 atom stereocenters. The van der Waals surface area contributed by atoms with Gasteiger partial charge in [0.1, 0.15) is 0 Å². The molecule has 1 nitrogen and oxygen atoms in total. The average molecular weight is 362 g/mol. The van der Waals surface area contributed by atoms with Crippen molar-refractivity contribution in [3.63, 3.8) is 0 Å². The van der Waals surface area contributed by atoms with E-state index in [9.17, 15) is 0 Å². The molecule has 0 bridgehead atoms. The molecule has 0 fully saturated rings. The van der Waals surface area contributed by atoms with E-state index < -0.39 is 16.3 Å². The van der Waals surface area contributed by atoms with Gasteiger partial charge in [0.15, 0.2) is 8.24 Å². The lowest BCUT2D eigenvalue weighted by Crippen LogP contribution is -2.62. The zero-order chi connectivity index (χ0) is 18.4. The van der Waals surface area contributed by atoms with Crippen LogP contribution in [0.2, 0.25) is 36.3 Å². The van der Waals surface area contributed by atoms with Crippen molar-refractivity contribution in [2.75, 3.05) is 4.57 Å². The van der Waals surface area contributed by atoms with E-state index in [2.05, 4.69) is 90.9 Å². The average Bonchev–Trinajstić information content (AvgIpc) is 2.74. The Balaban J connectivity index is 2.70. The molecular formula is C21H39NSi2. The summed E-state index contributed by atoms with van der Waals surface area (Å²) in [6.45, 7) is 24.9. The first-order valence-corrected chi connectivity index (χ1v) is 15.5. The van der Waals surface area contributed by atoms with Gasteiger partial charge < -0.3 is 4.57 Å². The van der Waals surface area contributed by atoms with Gasteiger partial charge >= 0.3 is 0 Å². The van der Waals surface area contributed by atoms with E-state index in [1.807, 2.05) is 0 Å². The minimum Gasteiger partial charge on any atom is -0.394 e. The molecule has 136 valence electrons. The lowest BCUT2D eigenvalue weighted by Gasteiger charge is -2.53. The highest BCUT2D eigenvalue weighted by atomic mass is 28.3. The minimum absolute atomic E-state index is 0.649. The lowest BCUT2D eigenvalue weighted by atomic mass is 10.1. The van der Waals surface area contributed by atoms with Gasteiger partial charge in [-0.25, -0.2) is 0 Å². The molecule has 0 saturated heterocycles. The van der Waals surface area contributed by atoms with Gasteiger partial charge in [0.2, 0.25) is 0 Å². The summed E-state index contributed by atoms with van der Waals surface area (Å²) in [5, 5.41) is 1.69. The first kappa shape index (κ1) is 19.8. The van der Waals surface area contributed by atoms with Crippen LogP contribution in [0, 0.1) is 0 Å². The van der Waals surface area contributed by atoms with E-state index >= 15 is 0 Å². The maximum atomic E-state index is 2.96. The summed E-state index contributed by atoms with van der Waals surface area (Å²) in [4.78, 5) is 0. The van der Waals surface area contributed by atoms with Crippen LogP contribution in [-0.4, -0.2) is 22.4 Å². The van der Waals surface area contributed by atoms with Gasteiger partial charge in [-0.15, -0.1) is 0 Å². The highest BCUT2D eigenvalue weighted by Crippen LogP contribution is 2.50. The van der Waals surface area contributed by atoms with Gasteiger partial charge in [0.05, 0.1) is 8.07 Å². The molecule has 1 aromatic carbocycles. The van der Waals surface area contributed by atoms with Crippen LogP contribution in [0.3, 0.4) is 0 Å². The Kier molecular flexibility index (Phi) is 5.47. The number of hydrogen-bond acceptors (Lipinski definition) is 1. The quantitative estimate of drug-likeness (QED) is 0.568. The number of anilines is 1. The lowest BCUT2D eigenvalue weighted by molar-refractivity contribution is 0.704. The topological polar surface area (TPSA) is 3.24 Å². The predicted octanol–water partition coefficient (Wildman–Crippen LogP) is 6.16. The van der Waals surface area contributed by atoms with Crippen molar-refractivity contribution in [1.29, 1.82) is 0 Å². The molecule has 0 N–H and O–H groups in total. The second kappa shape index (κ2) is 6.64. The molecule has 1 heterocycles. The summed E-state index contributed by atoms with van der Waals surface area (Å²) in [6, 6.07) is 7.83. The number of hydrogen-bond donors (Lipinski definition) is 0. The maximum absolute atomic E-state index is 2.96. The molecule has 1 aliphatic rings. The second-order valence-corrected chi connectivity index (χ2v) is 20.6. The van der Waals surface area contributed by atoms with Crippen LogP contribution in [-0.2, 0) is 6.42 Å². The zero-order valence-electron chi connectivity index (χ0n) is 17.7. The summed E-state index contributed by atoms with van der Waals surface area (Å²) in [5.74, 6) is 0. The SMILES string of the molecule is CC(C)[Si](C(C)C)(C(C)C)N1c2cccc([Si](C)(C)C)c2C[C@H]1C. The molecule has 1 aliphatic heterocycles. The molecule has 3 heteroatoms. The fraction of sp³-hybridized carbons (Fsp3) is 0.714. The third-order valence-electron chi connectivity index (χ3n) is 6.35. The molecule has 2 rings (SSSR count). The molecule has 0 aromatic heterocycles. The van der Waals surface area contributed by atoms with Gasteiger partial charge in [-0.05, 0) is 41.6 Å². The summed E-state index contributed by atoms with van der Waals surface area (Å²) in [5.41, 5.74) is 5.57. The Morgan fingerprint density at radius 2 is 1.42 bits per heavy atom. The van der Waals surface area contributed by atoms with E-state index in [-0.39, 0.29) is 0 Å². The van der Waals surface area contributed by atoms with Crippen molar-refractivity contribution in [2.24, 2.45) is 0 Å². The third kappa shape index (κ3) is 2.92. The Hall–Kier alpha value is -0.546. The molecule has 1 aromatic rings. The van der Waals surface area contributed by atoms with Crippen molar-refractivity contribution < 1.29 is 0 Å². The van der Waals surface area contributed by atoms with Crippen molar-refractivity contribution >= 4 is 27.2 Å². The van der Waals surface area contributed by atoms with Crippen LogP contribution in [0.15, 0.2) is 18.2 Å². The van der Waals surface area contributed by atoms with Gasteiger partial charge in [-0.3, -0.25) is 0 Å². The van der Waals surface area contributed by atoms with Crippen molar-refractivity contribution in [1.82, 2.24) is 0 Å². The van der Waals surface area contributed by atoms with Crippen LogP contribution in [0.25, 0.3) is 0 Å². The predicted molar refractivity (Wildman–Crippen MR) is 116 cm³/mol. The fourth-order valence-electron chi connectivity index (χ4n) is 5.77. The molecular weight excluding hydrogens is 322 g/mol. The van der Waals surface area contributed by atoms with Crippen LogP contribution in [0.5, 0.6) is 0 Å². The monoisotopic (exact) mass is 361 g/mol. The van der Waals surface area contributed by atoms with E-state index in [1.165, 1.54) is 6.42 Å². The Bertz CT molecular complexity index is 562. The van der Waals surface area contributed by atoms with Crippen molar-refractivity contribution in [3.05, 3.63) is 23.8 Å². The van der Waals surface area contributed by atoms with Crippen LogP contribution in [0.1, 0.15) is 54.0 Å². The fourth-order valence-corrected chi connectivity index (χ4v) is 14.6. The van der Waals surface area contributed by atoms with E-state index in [1.54, 1.807) is 16.4 Å². The summed E-state index contributed by atoms with van der Waals surface area (Å²) < 4.78 is 2.96. The van der Waals surface area contributed by atoms with Gasteiger partial charge in [-0.1, -0.05) is 78.5 Å². The normalized spacial score (nSPS) is 18.9.